The molecule has 5 N–H and O–H groups in total. The molecule has 104 valence electrons. The second-order valence-corrected chi connectivity index (χ2v) is 4.11. The quantitative estimate of drug-likeness (QED) is 0.664. The fourth-order valence-electron chi connectivity index (χ4n) is 1.52. The van der Waals surface area contributed by atoms with Crippen LogP contribution in [0.1, 0.15) is 5.56 Å². The molecule has 8 heteroatoms. The van der Waals surface area contributed by atoms with Gasteiger partial charge in [-0.25, -0.2) is 4.68 Å². The minimum absolute atomic E-state index is 0.100. The summed E-state index contributed by atoms with van der Waals surface area (Å²) in [5, 5.41) is 6.43. The molecule has 0 bridgehead atoms. The molecule has 0 aliphatic carbocycles. The average Bonchev–Trinajstić information content (AvgIpc) is 2.47. The molecule has 0 unspecified atom stereocenters. The van der Waals surface area contributed by atoms with Crippen molar-refractivity contribution in [1.29, 1.82) is 0 Å². The van der Waals surface area contributed by atoms with Gasteiger partial charge in [0.15, 0.2) is 0 Å². The molecule has 0 fully saturated rings. The Morgan fingerprint density at radius 3 is 2.70 bits per heavy atom. The lowest BCUT2D eigenvalue weighted by atomic mass is 10.3. The van der Waals surface area contributed by atoms with E-state index in [1.54, 1.807) is 24.5 Å². The molecular formula is C12H14N6O2. The number of anilines is 2. The van der Waals surface area contributed by atoms with Crippen molar-refractivity contribution in [1.82, 2.24) is 20.1 Å². The summed E-state index contributed by atoms with van der Waals surface area (Å²) < 4.78 is 0.966. The Labute approximate surface area is 114 Å². The maximum Gasteiger partial charge on any atom is 0.292 e. The number of rotatable bonds is 4. The van der Waals surface area contributed by atoms with E-state index in [1.807, 2.05) is 0 Å². The summed E-state index contributed by atoms with van der Waals surface area (Å²) in [5.41, 5.74) is 11.3. The van der Waals surface area contributed by atoms with Gasteiger partial charge < -0.3 is 16.8 Å². The van der Waals surface area contributed by atoms with Crippen molar-refractivity contribution < 1.29 is 4.79 Å². The van der Waals surface area contributed by atoms with Crippen LogP contribution >= 0.6 is 0 Å². The van der Waals surface area contributed by atoms with Gasteiger partial charge in [0.2, 0.25) is 5.91 Å². The maximum atomic E-state index is 11.7. The molecule has 2 heterocycles. The van der Waals surface area contributed by atoms with Crippen molar-refractivity contribution in [2.24, 2.45) is 0 Å². The third kappa shape index (κ3) is 3.10. The third-order valence-electron chi connectivity index (χ3n) is 2.64. The summed E-state index contributed by atoms with van der Waals surface area (Å²) in [6.45, 7) is 0.134. The van der Waals surface area contributed by atoms with Crippen LogP contribution in [0.3, 0.4) is 0 Å². The smallest absolute Gasteiger partial charge is 0.292 e. The Hall–Kier alpha value is -2.90. The number of nitrogen functional groups attached to an aromatic ring is 2. The summed E-state index contributed by atoms with van der Waals surface area (Å²) in [4.78, 5) is 27.3. The lowest BCUT2D eigenvalue weighted by Crippen LogP contribution is -2.34. The summed E-state index contributed by atoms with van der Waals surface area (Å²) in [6.07, 6.45) is 4.51. The van der Waals surface area contributed by atoms with E-state index in [9.17, 15) is 9.59 Å². The lowest BCUT2D eigenvalue weighted by molar-refractivity contribution is -0.122. The van der Waals surface area contributed by atoms with Gasteiger partial charge in [0.1, 0.15) is 12.2 Å². The van der Waals surface area contributed by atoms with Gasteiger partial charge in [0.05, 0.1) is 11.9 Å². The maximum absolute atomic E-state index is 11.7. The fourth-order valence-corrected chi connectivity index (χ4v) is 1.52. The second-order valence-electron chi connectivity index (χ2n) is 4.11. The Kier molecular flexibility index (Phi) is 3.94. The molecular weight excluding hydrogens is 260 g/mol. The topological polar surface area (TPSA) is 129 Å². The van der Waals surface area contributed by atoms with Gasteiger partial charge in [-0.15, -0.1) is 0 Å². The van der Waals surface area contributed by atoms with Gasteiger partial charge in [-0.2, -0.15) is 5.10 Å². The Balaban J connectivity index is 1.99. The van der Waals surface area contributed by atoms with Crippen molar-refractivity contribution >= 4 is 17.3 Å². The van der Waals surface area contributed by atoms with Crippen molar-refractivity contribution in [2.45, 2.75) is 13.1 Å². The van der Waals surface area contributed by atoms with E-state index >= 15 is 0 Å². The van der Waals surface area contributed by atoms with Gasteiger partial charge in [-0.05, 0) is 17.7 Å². The van der Waals surface area contributed by atoms with Crippen LogP contribution in [0.15, 0.2) is 35.5 Å². The van der Waals surface area contributed by atoms with Crippen LogP contribution in [0.4, 0.5) is 11.4 Å². The SMILES string of the molecule is Nc1cnn(CC(=O)NCc2ccncc2)c(=O)c1N. The summed E-state index contributed by atoms with van der Waals surface area (Å²) >= 11 is 0. The predicted molar refractivity (Wildman–Crippen MR) is 73.4 cm³/mol. The van der Waals surface area contributed by atoms with E-state index in [0.717, 1.165) is 10.2 Å². The first-order chi connectivity index (χ1) is 9.58. The van der Waals surface area contributed by atoms with E-state index in [-0.39, 0.29) is 23.8 Å². The van der Waals surface area contributed by atoms with Crippen LogP contribution < -0.4 is 22.3 Å². The Morgan fingerprint density at radius 1 is 1.30 bits per heavy atom. The van der Waals surface area contributed by atoms with Crippen molar-refractivity contribution in [3.05, 3.63) is 46.6 Å². The first-order valence-corrected chi connectivity index (χ1v) is 5.84. The number of carbonyl (C=O) groups excluding carboxylic acids is 1. The predicted octanol–water partition coefficient (Wildman–Crippen LogP) is -0.881. The van der Waals surface area contributed by atoms with Gasteiger partial charge in [0, 0.05) is 18.9 Å². The number of hydrogen-bond donors (Lipinski definition) is 3. The number of nitrogens with two attached hydrogens (primary N) is 2. The minimum Gasteiger partial charge on any atom is -0.396 e. The number of pyridine rings is 1. The highest BCUT2D eigenvalue weighted by molar-refractivity contribution is 5.75. The average molecular weight is 274 g/mol. The molecule has 2 rings (SSSR count). The van der Waals surface area contributed by atoms with Gasteiger partial charge in [0.25, 0.3) is 5.56 Å². The summed E-state index contributed by atoms with van der Waals surface area (Å²) in [5.74, 6) is -0.347. The normalized spacial score (nSPS) is 10.2. The first kappa shape index (κ1) is 13.5. The Morgan fingerprint density at radius 2 is 2.00 bits per heavy atom. The molecule has 0 aliphatic heterocycles. The van der Waals surface area contributed by atoms with E-state index in [2.05, 4.69) is 15.4 Å². The zero-order valence-electron chi connectivity index (χ0n) is 10.6. The highest BCUT2D eigenvalue weighted by Gasteiger charge is 2.09. The van der Waals surface area contributed by atoms with Gasteiger partial charge >= 0.3 is 0 Å². The third-order valence-corrected chi connectivity index (χ3v) is 2.64. The van der Waals surface area contributed by atoms with Gasteiger partial charge in [-0.1, -0.05) is 0 Å². The number of hydrogen-bond acceptors (Lipinski definition) is 6. The second kappa shape index (κ2) is 5.83. The molecule has 0 saturated heterocycles. The van der Waals surface area contributed by atoms with E-state index in [4.69, 9.17) is 11.5 Å². The number of carbonyl (C=O) groups is 1. The standard InChI is InChI=1S/C12H14N6O2/c13-9-6-17-18(12(20)11(9)14)7-10(19)16-5-8-1-3-15-4-2-8/h1-4,6H,5,7,13-14H2,(H,16,19). The van der Waals surface area contributed by atoms with Crippen LogP contribution in [0.25, 0.3) is 0 Å². The van der Waals surface area contributed by atoms with Gasteiger partial charge in [-0.3, -0.25) is 14.6 Å². The largest absolute Gasteiger partial charge is 0.396 e. The van der Waals surface area contributed by atoms with E-state index < -0.39 is 5.56 Å². The monoisotopic (exact) mass is 274 g/mol. The lowest BCUT2D eigenvalue weighted by Gasteiger charge is -2.07. The van der Waals surface area contributed by atoms with Crippen LogP contribution in [0.5, 0.6) is 0 Å². The molecule has 0 saturated carbocycles. The molecule has 0 atom stereocenters. The van der Waals surface area contributed by atoms with E-state index in [0.29, 0.717) is 6.54 Å². The minimum atomic E-state index is -0.580. The summed E-state index contributed by atoms with van der Waals surface area (Å²) in [6, 6.07) is 3.57. The van der Waals surface area contributed by atoms with Crippen molar-refractivity contribution in [3.8, 4) is 0 Å². The molecule has 0 radical (unpaired) electrons. The van der Waals surface area contributed by atoms with Crippen molar-refractivity contribution in [2.75, 3.05) is 11.5 Å². The molecule has 8 nitrogen and oxygen atoms in total. The number of nitrogens with one attached hydrogen (secondary N) is 1. The zero-order valence-corrected chi connectivity index (χ0v) is 10.6. The number of nitrogens with zero attached hydrogens (tertiary/aromatic N) is 3. The molecule has 2 aromatic rings. The first-order valence-electron chi connectivity index (χ1n) is 5.84. The molecule has 1 amide bonds. The fraction of sp³-hybridized carbons (Fsp3) is 0.167. The molecule has 2 aromatic heterocycles. The highest BCUT2D eigenvalue weighted by atomic mass is 16.2. The zero-order chi connectivity index (χ0) is 14.5. The summed E-state index contributed by atoms with van der Waals surface area (Å²) in [7, 11) is 0. The van der Waals surface area contributed by atoms with Crippen molar-refractivity contribution in [3.63, 3.8) is 0 Å². The number of aromatic nitrogens is 3. The number of amides is 1. The Bertz CT molecular complexity index is 667. The molecule has 0 spiro atoms. The van der Waals surface area contributed by atoms with Crippen LogP contribution in [0, 0.1) is 0 Å². The van der Waals surface area contributed by atoms with E-state index in [1.165, 1.54) is 6.20 Å². The molecule has 0 aliphatic rings. The molecule has 0 aromatic carbocycles. The molecule has 20 heavy (non-hydrogen) atoms. The van der Waals surface area contributed by atoms with Crippen LogP contribution in [-0.2, 0) is 17.9 Å². The highest BCUT2D eigenvalue weighted by Crippen LogP contribution is 2.03. The van der Waals surface area contributed by atoms with Crippen LogP contribution in [0.2, 0.25) is 0 Å². The van der Waals surface area contributed by atoms with Crippen LogP contribution in [-0.4, -0.2) is 20.7 Å².